The maximum Gasteiger partial charge on any atom is 0.328 e. The summed E-state index contributed by atoms with van der Waals surface area (Å²) in [5, 5.41) is 3.13. The highest BCUT2D eigenvalue weighted by molar-refractivity contribution is 5.98. The molecule has 11 heteroatoms. The minimum atomic E-state index is -0.755. The molecule has 0 aromatic rings. The lowest BCUT2D eigenvalue weighted by Crippen LogP contribution is -2.60. The Bertz CT molecular complexity index is 1180. The van der Waals surface area contributed by atoms with Crippen LogP contribution in [-0.4, -0.2) is 119 Å². The number of piperidine rings is 2. The molecular weight excluding hydrogens is 598 g/mol. The molecule has 266 valence electrons. The van der Waals surface area contributed by atoms with Gasteiger partial charge in [0.2, 0.25) is 23.6 Å². The second kappa shape index (κ2) is 16.4. The molecule has 0 bridgehead atoms. The Morgan fingerprint density at radius 1 is 0.830 bits per heavy atom. The Morgan fingerprint density at radius 3 is 1.98 bits per heavy atom. The summed E-state index contributed by atoms with van der Waals surface area (Å²) in [5.74, 6) is -1.21. The van der Waals surface area contributed by atoms with Gasteiger partial charge in [-0.1, -0.05) is 47.1 Å². The summed E-state index contributed by atoms with van der Waals surface area (Å²) in [6.07, 6.45) is 8.08. The number of likely N-dealkylation sites (tertiary alicyclic amines) is 3. The zero-order valence-electron chi connectivity index (χ0n) is 30.6. The van der Waals surface area contributed by atoms with Crippen molar-refractivity contribution in [2.75, 3.05) is 33.8 Å². The first-order valence-corrected chi connectivity index (χ1v) is 17.7. The molecule has 3 aliphatic heterocycles. The van der Waals surface area contributed by atoms with Gasteiger partial charge in [0.05, 0.1) is 19.2 Å². The van der Waals surface area contributed by atoms with Crippen molar-refractivity contribution in [3.8, 4) is 0 Å². The van der Waals surface area contributed by atoms with Gasteiger partial charge in [-0.25, -0.2) is 4.79 Å². The van der Waals surface area contributed by atoms with Crippen LogP contribution in [0.25, 0.3) is 0 Å². The SMILES string of the molecule is COC(=O)[C@@H]1CCCCN1C(=O)[C@@H]1CCCN1C(=O)C(C)=C[C@H](C(C)C)N(C)C(=O)[C@@H](NC(=O)[C@H]1CCCCN1C(C)C)C(C)(C)C. The Balaban J connectivity index is 1.80. The number of amides is 4. The summed E-state index contributed by atoms with van der Waals surface area (Å²) < 4.78 is 4.98. The minimum Gasteiger partial charge on any atom is -0.467 e. The number of ether oxygens (including phenoxy) is 1. The highest BCUT2D eigenvalue weighted by Crippen LogP contribution is 2.28. The number of rotatable bonds is 10. The van der Waals surface area contributed by atoms with E-state index in [-0.39, 0.29) is 41.6 Å². The molecule has 5 atom stereocenters. The van der Waals surface area contributed by atoms with E-state index in [0.29, 0.717) is 37.9 Å². The van der Waals surface area contributed by atoms with E-state index in [1.54, 1.807) is 28.7 Å². The first kappa shape index (κ1) is 38.5. The normalized spacial score (nSPS) is 24.3. The van der Waals surface area contributed by atoms with E-state index >= 15 is 0 Å². The fraction of sp³-hybridized carbons (Fsp3) is 0.806. The van der Waals surface area contributed by atoms with Gasteiger partial charge in [0, 0.05) is 31.8 Å². The maximum absolute atomic E-state index is 14.2. The van der Waals surface area contributed by atoms with Crippen LogP contribution in [0.1, 0.15) is 107 Å². The van der Waals surface area contributed by atoms with Crippen molar-refractivity contribution in [1.82, 2.24) is 24.9 Å². The molecule has 3 rings (SSSR count). The van der Waals surface area contributed by atoms with Gasteiger partial charge in [0.1, 0.15) is 18.1 Å². The second-order valence-corrected chi connectivity index (χ2v) is 15.4. The van der Waals surface area contributed by atoms with Crippen molar-refractivity contribution < 1.29 is 28.7 Å². The Morgan fingerprint density at radius 2 is 1.40 bits per heavy atom. The van der Waals surface area contributed by atoms with E-state index in [1.165, 1.54) is 7.11 Å². The van der Waals surface area contributed by atoms with Gasteiger partial charge in [-0.2, -0.15) is 0 Å². The van der Waals surface area contributed by atoms with Crippen molar-refractivity contribution in [1.29, 1.82) is 0 Å². The van der Waals surface area contributed by atoms with Crippen LogP contribution >= 0.6 is 0 Å². The number of hydrogen-bond donors (Lipinski definition) is 1. The summed E-state index contributed by atoms with van der Waals surface area (Å²) in [6, 6.07) is -2.47. The summed E-state index contributed by atoms with van der Waals surface area (Å²) >= 11 is 0. The summed E-state index contributed by atoms with van der Waals surface area (Å²) in [5.41, 5.74) is -0.0917. The van der Waals surface area contributed by atoms with Crippen LogP contribution in [0.5, 0.6) is 0 Å². The van der Waals surface area contributed by atoms with Crippen molar-refractivity contribution >= 4 is 29.6 Å². The third-order valence-electron chi connectivity index (χ3n) is 10.2. The topological polar surface area (TPSA) is 120 Å². The molecule has 0 unspecified atom stereocenters. The van der Waals surface area contributed by atoms with Gasteiger partial charge >= 0.3 is 5.97 Å². The fourth-order valence-electron chi connectivity index (χ4n) is 7.43. The predicted molar refractivity (Wildman–Crippen MR) is 182 cm³/mol. The van der Waals surface area contributed by atoms with E-state index in [0.717, 1.165) is 38.6 Å². The van der Waals surface area contributed by atoms with E-state index < -0.39 is 35.6 Å². The summed E-state index contributed by atoms with van der Waals surface area (Å²) in [4.78, 5) is 75.0. The molecule has 3 heterocycles. The predicted octanol–water partition coefficient (Wildman–Crippen LogP) is 3.75. The molecular formula is C36H61N5O6. The zero-order valence-corrected chi connectivity index (χ0v) is 30.6. The fourth-order valence-corrected chi connectivity index (χ4v) is 7.43. The first-order chi connectivity index (χ1) is 22.0. The molecule has 0 spiro atoms. The molecule has 0 aliphatic carbocycles. The van der Waals surface area contributed by atoms with Gasteiger partial charge < -0.3 is 24.8 Å². The third-order valence-corrected chi connectivity index (χ3v) is 10.2. The van der Waals surface area contributed by atoms with Crippen LogP contribution in [-0.2, 0) is 28.7 Å². The number of likely N-dealkylation sites (N-methyl/N-ethyl adjacent to an activating group) is 1. The van der Waals surface area contributed by atoms with E-state index in [1.807, 2.05) is 40.7 Å². The van der Waals surface area contributed by atoms with Crippen LogP contribution in [0, 0.1) is 11.3 Å². The lowest BCUT2D eigenvalue weighted by Gasteiger charge is -2.41. The number of carbonyl (C=O) groups excluding carboxylic acids is 5. The van der Waals surface area contributed by atoms with Crippen molar-refractivity contribution in [2.24, 2.45) is 11.3 Å². The van der Waals surface area contributed by atoms with E-state index in [9.17, 15) is 24.0 Å². The molecule has 0 aromatic heterocycles. The average Bonchev–Trinajstić information content (AvgIpc) is 3.53. The van der Waals surface area contributed by atoms with Crippen molar-refractivity contribution in [3.05, 3.63) is 11.6 Å². The number of nitrogens with one attached hydrogen (secondary N) is 1. The smallest absolute Gasteiger partial charge is 0.328 e. The number of esters is 1. The largest absolute Gasteiger partial charge is 0.467 e. The lowest BCUT2D eigenvalue weighted by atomic mass is 9.84. The zero-order chi connectivity index (χ0) is 35.2. The highest BCUT2D eigenvalue weighted by atomic mass is 16.5. The van der Waals surface area contributed by atoms with E-state index in [4.69, 9.17) is 4.74 Å². The van der Waals surface area contributed by atoms with E-state index in [2.05, 4.69) is 24.1 Å². The summed E-state index contributed by atoms with van der Waals surface area (Å²) in [6.45, 7) is 17.6. The van der Waals surface area contributed by atoms with Gasteiger partial charge in [-0.15, -0.1) is 0 Å². The molecule has 1 N–H and O–H groups in total. The monoisotopic (exact) mass is 659 g/mol. The average molecular weight is 660 g/mol. The molecule has 11 nitrogen and oxygen atoms in total. The van der Waals surface area contributed by atoms with Crippen LogP contribution in [0.3, 0.4) is 0 Å². The third kappa shape index (κ3) is 9.15. The summed E-state index contributed by atoms with van der Waals surface area (Å²) in [7, 11) is 3.07. The van der Waals surface area contributed by atoms with Gasteiger partial charge in [-0.05, 0) is 83.6 Å². The highest BCUT2D eigenvalue weighted by Gasteiger charge is 2.43. The molecule has 0 saturated carbocycles. The van der Waals surface area contributed by atoms with Crippen LogP contribution in [0.2, 0.25) is 0 Å². The Hall–Kier alpha value is -2.95. The van der Waals surface area contributed by atoms with Gasteiger partial charge in [-0.3, -0.25) is 24.1 Å². The van der Waals surface area contributed by atoms with Crippen LogP contribution < -0.4 is 5.32 Å². The maximum atomic E-state index is 14.2. The molecule has 3 fully saturated rings. The first-order valence-electron chi connectivity index (χ1n) is 17.7. The second-order valence-electron chi connectivity index (χ2n) is 15.4. The number of methoxy groups -OCH3 is 1. The number of nitrogens with zero attached hydrogens (tertiary/aromatic N) is 4. The molecule has 3 aliphatic rings. The standard InChI is InChI=1S/C36H61N5O6/c1-23(2)29(38(9)34(45)30(36(6,7)8)37-31(42)26-16-11-13-19-39(26)24(3)4)22-25(5)32(43)40-21-15-18-27(40)33(44)41-20-14-12-17-28(41)35(46)47-10/h22-24,26-30H,11-21H2,1-10H3,(H,37,42)/t26-,27+,28+,29-,30-/m1/s1. The molecule has 4 amide bonds. The Labute approximate surface area is 282 Å². The number of hydrogen-bond acceptors (Lipinski definition) is 7. The van der Waals surface area contributed by atoms with Crippen LogP contribution in [0.4, 0.5) is 0 Å². The molecule has 3 saturated heterocycles. The van der Waals surface area contributed by atoms with Gasteiger partial charge in [0.25, 0.3) is 0 Å². The lowest BCUT2D eigenvalue weighted by molar-refractivity contribution is -0.157. The van der Waals surface area contributed by atoms with Crippen molar-refractivity contribution in [2.45, 2.75) is 143 Å². The van der Waals surface area contributed by atoms with Gasteiger partial charge in [0.15, 0.2) is 0 Å². The van der Waals surface area contributed by atoms with Crippen LogP contribution in [0.15, 0.2) is 11.6 Å². The Kier molecular flexibility index (Phi) is 13.5. The molecule has 0 radical (unpaired) electrons. The number of carbonyl (C=O) groups is 5. The molecule has 0 aromatic carbocycles. The van der Waals surface area contributed by atoms with Crippen molar-refractivity contribution in [3.63, 3.8) is 0 Å². The molecule has 47 heavy (non-hydrogen) atoms. The quantitative estimate of drug-likeness (QED) is 0.280. The minimum absolute atomic E-state index is 0.0250.